The van der Waals surface area contributed by atoms with E-state index < -0.39 is 41.9 Å². The first kappa shape index (κ1) is 18.7. The normalized spacial score (nSPS) is 24.5. The largest absolute Gasteiger partial charge is 0.481 e. The average Bonchev–Trinajstić information content (AvgIpc) is 2.48. The fourth-order valence-electron chi connectivity index (χ4n) is 2.68. The molecule has 1 saturated heterocycles. The molecule has 0 radical (unpaired) electrons. The van der Waals surface area contributed by atoms with Crippen molar-refractivity contribution in [2.24, 2.45) is 5.92 Å². The summed E-state index contributed by atoms with van der Waals surface area (Å²) < 4.78 is 57.8. The minimum atomic E-state index is -5.25. The van der Waals surface area contributed by atoms with Crippen LogP contribution < -0.4 is 5.32 Å². The van der Waals surface area contributed by atoms with Crippen LogP contribution in [0.2, 0.25) is 0 Å². The van der Waals surface area contributed by atoms with Gasteiger partial charge < -0.3 is 15.2 Å². The summed E-state index contributed by atoms with van der Waals surface area (Å²) in [7, 11) is 0. The third-order valence-electron chi connectivity index (χ3n) is 3.78. The molecule has 132 valence electrons. The Morgan fingerprint density at radius 1 is 1.38 bits per heavy atom. The number of carboxylic acid groups (broad SMARTS) is 1. The van der Waals surface area contributed by atoms with E-state index in [4.69, 9.17) is 4.74 Å². The van der Waals surface area contributed by atoms with Crippen LogP contribution in [0.25, 0.3) is 0 Å². The van der Waals surface area contributed by atoms with E-state index in [2.05, 4.69) is 15.9 Å². The van der Waals surface area contributed by atoms with Crippen LogP contribution in [-0.4, -0.2) is 36.4 Å². The van der Waals surface area contributed by atoms with Gasteiger partial charge in [0.15, 0.2) is 0 Å². The zero-order chi connectivity index (χ0) is 18.1. The van der Waals surface area contributed by atoms with E-state index in [9.17, 15) is 32.3 Å². The van der Waals surface area contributed by atoms with Crippen molar-refractivity contribution >= 4 is 27.8 Å². The predicted molar refractivity (Wildman–Crippen MR) is 76.5 cm³/mol. The highest BCUT2D eigenvalue weighted by molar-refractivity contribution is 9.10. The van der Waals surface area contributed by atoms with E-state index in [1.807, 2.05) is 0 Å². The number of aliphatic carboxylic acids is 1. The number of halogens is 5. The van der Waals surface area contributed by atoms with Gasteiger partial charge in [-0.3, -0.25) is 9.59 Å². The minimum Gasteiger partial charge on any atom is -0.481 e. The molecule has 0 aromatic heterocycles. The molecule has 1 amide bonds. The van der Waals surface area contributed by atoms with Crippen LogP contribution in [-0.2, 0) is 19.9 Å². The van der Waals surface area contributed by atoms with Crippen LogP contribution in [0.15, 0.2) is 22.7 Å². The van der Waals surface area contributed by atoms with Gasteiger partial charge in [-0.2, -0.15) is 13.2 Å². The van der Waals surface area contributed by atoms with Gasteiger partial charge in [0, 0.05) is 16.6 Å². The number of rotatable bonds is 3. The van der Waals surface area contributed by atoms with E-state index in [1.54, 1.807) is 5.32 Å². The number of benzene rings is 1. The number of carboxylic acids is 1. The summed E-state index contributed by atoms with van der Waals surface area (Å²) in [5.41, 5.74) is -2.56. The van der Waals surface area contributed by atoms with Crippen molar-refractivity contribution in [2.75, 3.05) is 13.2 Å². The van der Waals surface area contributed by atoms with Crippen LogP contribution in [0, 0.1) is 11.7 Å². The molecule has 1 unspecified atom stereocenters. The predicted octanol–water partition coefficient (Wildman–Crippen LogP) is 2.58. The Labute approximate surface area is 142 Å². The van der Waals surface area contributed by atoms with Crippen molar-refractivity contribution in [3.05, 3.63) is 34.1 Å². The lowest BCUT2D eigenvalue weighted by atomic mass is 9.75. The van der Waals surface area contributed by atoms with Crippen LogP contribution >= 0.6 is 15.9 Å². The molecule has 24 heavy (non-hydrogen) atoms. The number of amides is 1. The van der Waals surface area contributed by atoms with Crippen LogP contribution in [0.4, 0.5) is 17.6 Å². The lowest BCUT2D eigenvalue weighted by molar-refractivity contribution is -0.180. The van der Waals surface area contributed by atoms with E-state index in [-0.39, 0.29) is 18.6 Å². The highest BCUT2D eigenvalue weighted by Gasteiger charge is 2.53. The summed E-state index contributed by atoms with van der Waals surface area (Å²) in [6.45, 7) is -0.630. The fourth-order valence-corrected chi connectivity index (χ4v) is 3.05. The topological polar surface area (TPSA) is 75.6 Å². The molecular weight excluding hydrogens is 402 g/mol. The summed E-state index contributed by atoms with van der Waals surface area (Å²) >= 11 is 3.06. The molecule has 1 aliphatic heterocycles. The number of carbonyl (C=O) groups is 2. The molecule has 1 aromatic rings. The molecule has 1 aliphatic rings. The van der Waals surface area contributed by atoms with Gasteiger partial charge in [0.2, 0.25) is 0 Å². The molecule has 10 heteroatoms. The number of carbonyl (C=O) groups excluding carboxylic acids is 1. The van der Waals surface area contributed by atoms with Crippen molar-refractivity contribution in [2.45, 2.75) is 18.1 Å². The molecule has 2 rings (SSSR count). The quantitative estimate of drug-likeness (QED) is 0.746. The number of hydrogen-bond donors (Lipinski definition) is 2. The monoisotopic (exact) mass is 413 g/mol. The maximum atomic E-state index is 14.3. The van der Waals surface area contributed by atoms with Gasteiger partial charge in [-0.25, -0.2) is 4.39 Å². The first-order valence-electron chi connectivity index (χ1n) is 6.73. The van der Waals surface area contributed by atoms with E-state index in [0.29, 0.717) is 4.47 Å². The number of nitrogens with one attached hydrogen (secondary N) is 1. The first-order valence-corrected chi connectivity index (χ1v) is 7.52. The SMILES string of the molecule is O=C(O)C1CCOC[C@@]1(NC(=O)C(F)(F)F)c1cc(Br)ccc1F. The third-order valence-corrected chi connectivity index (χ3v) is 4.27. The van der Waals surface area contributed by atoms with Crippen molar-refractivity contribution in [3.63, 3.8) is 0 Å². The van der Waals surface area contributed by atoms with Gasteiger partial charge in [0.25, 0.3) is 0 Å². The summed E-state index contributed by atoms with van der Waals surface area (Å²) in [6.07, 6.45) is -5.44. The van der Waals surface area contributed by atoms with Crippen molar-refractivity contribution in [3.8, 4) is 0 Å². The molecule has 1 aromatic carbocycles. The molecule has 0 spiro atoms. The second-order valence-electron chi connectivity index (χ2n) is 5.28. The molecule has 0 bridgehead atoms. The second kappa shape index (κ2) is 6.67. The zero-order valence-corrected chi connectivity index (χ0v) is 13.6. The smallest absolute Gasteiger partial charge is 0.471 e. The Hall–Kier alpha value is -1.68. The molecule has 0 saturated carbocycles. The van der Waals surface area contributed by atoms with Gasteiger partial charge in [-0.15, -0.1) is 0 Å². The summed E-state index contributed by atoms with van der Waals surface area (Å²) in [5, 5.41) is 11.0. The fraction of sp³-hybridized carbons (Fsp3) is 0.429. The lowest BCUT2D eigenvalue weighted by Gasteiger charge is -2.43. The molecular formula is C14H12BrF4NO4. The summed E-state index contributed by atoms with van der Waals surface area (Å²) in [5.74, 6) is -6.25. The maximum absolute atomic E-state index is 14.3. The van der Waals surface area contributed by atoms with Gasteiger partial charge in [-0.1, -0.05) is 15.9 Å². The standard InChI is InChI=1S/C14H12BrF4NO4/c15-7-1-2-10(16)9(5-7)13(20-12(23)14(17,18)19)6-24-4-3-8(13)11(21)22/h1-2,5,8H,3-4,6H2,(H,20,23)(H,21,22)/t8?,13-/m0/s1. The highest BCUT2D eigenvalue weighted by Crippen LogP contribution is 2.39. The Kier molecular flexibility index (Phi) is 5.19. The highest BCUT2D eigenvalue weighted by atomic mass is 79.9. The van der Waals surface area contributed by atoms with Crippen molar-refractivity contribution in [1.82, 2.24) is 5.32 Å². The molecule has 0 aliphatic carbocycles. The Balaban J connectivity index is 2.62. The van der Waals surface area contributed by atoms with E-state index >= 15 is 0 Å². The average molecular weight is 414 g/mol. The van der Waals surface area contributed by atoms with Crippen LogP contribution in [0.5, 0.6) is 0 Å². The maximum Gasteiger partial charge on any atom is 0.471 e. The van der Waals surface area contributed by atoms with Crippen LogP contribution in [0.3, 0.4) is 0 Å². The van der Waals surface area contributed by atoms with Gasteiger partial charge in [-0.05, 0) is 24.6 Å². The van der Waals surface area contributed by atoms with Crippen LogP contribution in [0.1, 0.15) is 12.0 Å². The Bertz CT molecular complexity index is 667. The first-order chi connectivity index (χ1) is 11.1. The Morgan fingerprint density at radius 3 is 2.62 bits per heavy atom. The number of alkyl halides is 3. The van der Waals surface area contributed by atoms with Gasteiger partial charge in [0.1, 0.15) is 11.4 Å². The molecule has 1 heterocycles. The van der Waals surface area contributed by atoms with Crippen molar-refractivity contribution < 1.29 is 37.0 Å². The summed E-state index contributed by atoms with van der Waals surface area (Å²) in [4.78, 5) is 23.0. The Morgan fingerprint density at radius 2 is 2.04 bits per heavy atom. The number of hydrogen-bond acceptors (Lipinski definition) is 3. The molecule has 2 atom stereocenters. The lowest BCUT2D eigenvalue weighted by Crippen LogP contribution is -2.61. The third kappa shape index (κ3) is 3.54. The van der Waals surface area contributed by atoms with Gasteiger partial charge in [0.05, 0.1) is 12.5 Å². The minimum absolute atomic E-state index is 0.0315. The molecule has 1 fully saturated rings. The molecule has 2 N–H and O–H groups in total. The number of ether oxygens (including phenoxy) is 1. The van der Waals surface area contributed by atoms with E-state index in [1.165, 1.54) is 6.07 Å². The zero-order valence-electron chi connectivity index (χ0n) is 12.0. The summed E-state index contributed by atoms with van der Waals surface area (Å²) in [6, 6.07) is 3.41. The van der Waals surface area contributed by atoms with E-state index in [0.717, 1.165) is 12.1 Å². The van der Waals surface area contributed by atoms with Gasteiger partial charge >= 0.3 is 18.1 Å². The second-order valence-corrected chi connectivity index (χ2v) is 6.20. The van der Waals surface area contributed by atoms with Crippen molar-refractivity contribution in [1.29, 1.82) is 0 Å². The molecule has 5 nitrogen and oxygen atoms in total.